The minimum atomic E-state index is -0.000406. The highest BCUT2D eigenvalue weighted by molar-refractivity contribution is 5.23. The number of H-pyrrole nitrogens is 1. The monoisotopic (exact) mass is 241 g/mol. The minimum absolute atomic E-state index is 0.000406. The van der Waals surface area contributed by atoms with Gasteiger partial charge in [0.25, 0.3) is 5.56 Å². The van der Waals surface area contributed by atoms with Crippen molar-refractivity contribution in [2.45, 2.75) is 25.4 Å². The molecule has 2 N–H and O–H groups in total. The van der Waals surface area contributed by atoms with E-state index in [-0.39, 0.29) is 5.56 Å². The Labute approximate surface area is 105 Å². The molecule has 0 aliphatic carbocycles. The van der Waals surface area contributed by atoms with E-state index in [1.165, 1.54) is 11.9 Å². The Hall–Kier alpha value is -1.94. The standard InChI is InChI=1S/C14H15N3O/c18-14-12-7-11(6-10-4-2-1-3-5-10)15-8-13(12)16-9-17-14/h1-5,9,11,15H,6-8H2,(H,16,17,18)/t11-/m1/s1. The van der Waals surface area contributed by atoms with Crippen LogP contribution in [-0.2, 0) is 19.4 Å². The molecule has 0 fully saturated rings. The summed E-state index contributed by atoms with van der Waals surface area (Å²) >= 11 is 0. The van der Waals surface area contributed by atoms with Gasteiger partial charge in [-0.2, -0.15) is 0 Å². The molecule has 2 heterocycles. The third-order valence-corrected chi connectivity index (χ3v) is 3.37. The zero-order chi connectivity index (χ0) is 12.4. The van der Waals surface area contributed by atoms with E-state index >= 15 is 0 Å². The Morgan fingerprint density at radius 1 is 1.28 bits per heavy atom. The van der Waals surface area contributed by atoms with E-state index in [0.29, 0.717) is 12.6 Å². The molecule has 2 aromatic rings. The van der Waals surface area contributed by atoms with Gasteiger partial charge in [0.05, 0.1) is 12.0 Å². The fourth-order valence-corrected chi connectivity index (χ4v) is 2.43. The van der Waals surface area contributed by atoms with Gasteiger partial charge < -0.3 is 10.3 Å². The van der Waals surface area contributed by atoms with Gasteiger partial charge in [0.15, 0.2) is 0 Å². The van der Waals surface area contributed by atoms with Crippen molar-refractivity contribution in [2.75, 3.05) is 0 Å². The molecule has 1 aliphatic heterocycles. The van der Waals surface area contributed by atoms with E-state index < -0.39 is 0 Å². The molecule has 0 spiro atoms. The van der Waals surface area contributed by atoms with Gasteiger partial charge in [0.2, 0.25) is 0 Å². The van der Waals surface area contributed by atoms with Crippen LogP contribution in [-0.4, -0.2) is 16.0 Å². The number of hydrogen-bond donors (Lipinski definition) is 2. The van der Waals surface area contributed by atoms with Gasteiger partial charge in [-0.15, -0.1) is 0 Å². The maximum atomic E-state index is 11.7. The predicted octanol–water partition coefficient (Wildman–Crippen LogP) is 1.03. The molecule has 1 aromatic heterocycles. The molecule has 18 heavy (non-hydrogen) atoms. The normalized spacial score (nSPS) is 18.3. The lowest BCUT2D eigenvalue weighted by Crippen LogP contribution is -2.40. The van der Waals surface area contributed by atoms with Gasteiger partial charge in [0, 0.05) is 18.2 Å². The number of rotatable bonds is 2. The molecule has 0 saturated heterocycles. The predicted molar refractivity (Wildman–Crippen MR) is 69.3 cm³/mol. The first-order valence-electron chi connectivity index (χ1n) is 6.15. The SMILES string of the molecule is O=c1[nH]cnc2c1C[C@@H](Cc1ccccc1)NC2. The first-order valence-corrected chi connectivity index (χ1v) is 6.15. The van der Waals surface area contributed by atoms with Crippen LogP contribution < -0.4 is 10.9 Å². The van der Waals surface area contributed by atoms with Crippen molar-refractivity contribution in [3.8, 4) is 0 Å². The molecule has 0 amide bonds. The number of fused-ring (bicyclic) bond motifs is 1. The molecule has 92 valence electrons. The summed E-state index contributed by atoms with van der Waals surface area (Å²) in [6.07, 6.45) is 3.16. The summed E-state index contributed by atoms with van der Waals surface area (Å²) in [5.74, 6) is 0. The van der Waals surface area contributed by atoms with E-state index in [0.717, 1.165) is 24.1 Å². The highest BCUT2D eigenvalue weighted by Gasteiger charge is 2.21. The van der Waals surface area contributed by atoms with Crippen molar-refractivity contribution < 1.29 is 0 Å². The Balaban J connectivity index is 1.79. The van der Waals surface area contributed by atoms with Crippen LogP contribution in [0.3, 0.4) is 0 Å². The zero-order valence-corrected chi connectivity index (χ0v) is 10.0. The summed E-state index contributed by atoms with van der Waals surface area (Å²) in [4.78, 5) is 18.6. The lowest BCUT2D eigenvalue weighted by molar-refractivity contribution is 0.466. The quantitative estimate of drug-likeness (QED) is 0.825. The lowest BCUT2D eigenvalue weighted by Gasteiger charge is -2.24. The maximum Gasteiger partial charge on any atom is 0.254 e. The van der Waals surface area contributed by atoms with E-state index in [9.17, 15) is 4.79 Å². The van der Waals surface area contributed by atoms with E-state index in [1.807, 2.05) is 18.2 Å². The van der Waals surface area contributed by atoms with Gasteiger partial charge >= 0.3 is 0 Å². The Morgan fingerprint density at radius 3 is 2.94 bits per heavy atom. The second-order valence-electron chi connectivity index (χ2n) is 4.63. The second kappa shape index (κ2) is 4.74. The summed E-state index contributed by atoms with van der Waals surface area (Å²) in [7, 11) is 0. The number of benzene rings is 1. The number of nitrogens with one attached hydrogen (secondary N) is 2. The molecule has 3 rings (SSSR count). The topological polar surface area (TPSA) is 57.8 Å². The van der Waals surface area contributed by atoms with Crippen LogP contribution in [0.25, 0.3) is 0 Å². The summed E-state index contributed by atoms with van der Waals surface area (Å²) in [6.45, 7) is 0.677. The summed E-state index contributed by atoms with van der Waals surface area (Å²) in [5, 5.41) is 3.44. The molecule has 0 radical (unpaired) electrons. The third kappa shape index (κ3) is 2.19. The van der Waals surface area contributed by atoms with Crippen molar-refractivity contribution in [1.82, 2.24) is 15.3 Å². The van der Waals surface area contributed by atoms with Gasteiger partial charge in [-0.25, -0.2) is 4.98 Å². The largest absolute Gasteiger partial charge is 0.313 e. The lowest BCUT2D eigenvalue weighted by atomic mass is 9.95. The van der Waals surface area contributed by atoms with Gasteiger partial charge in [0.1, 0.15) is 0 Å². The van der Waals surface area contributed by atoms with Crippen molar-refractivity contribution in [2.24, 2.45) is 0 Å². The van der Waals surface area contributed by atoms with Crippen LogP contribution in [0, 0.1) is 0 Å². The van der Waals surface area contributed by atoms with Crippen LogP contribution >= 0.6 is 0 Å². The molecule has 0 saturated carbocycles. The van der Waals surface area contributed by atoms with Crippen LogP contribution in [0.1, 0.15) is 16.8 Å². The highest BCUT2D eigenvalue weighted by atomic mass is 16.1. The third-order valence-electron chi connectivity index (χ3n) is 3.37. The molecule has 0 bridgehead atoms. The summed E-state index contributed by atoms with van der Waals surface area (Å²) in [5.41, 5.74) is 3.00. The summed E-state index contributed by atoms with van der Waals surface area (Å²) < 4.78 is 0. The van der Waals surface area contributed by atoms with Crippen molar-refractivity contribution >= 4 is 0 Å². The smallest absolute Gasteiger partial charge is 0.254 e. The maximum absolute atomic E-state index is 11.7. The first kappa shape index (κ1) is 11.2. The number of aromatic nitrogens is 2. The first-order chi connectivity index (χ1) is 8.83. The number of nitrogens with zero attached hydrogens (tertiary/aromatic N) is 1. The van der Waals surface area contributed by atoms with Crippen LogP contribution in [0.2, 0.25) is 0 Å². The molecule has 4 nitrogen and oxygen atoms in total. The van der Waals surface area contributed by atoms with Crippen molar-refractivity contribution in [3.63, 3.8) is 0 Å². The summed E-state index contributed by atoms with van der Waals surface area (Å²) in [6, 6.07) is 10.6. The van der Waals surface area contributed by atoms with Gasteiger partial charge in [-0.3, -0.25) is 4.79 Å². The molecule has 1 atom stereocenters. The van der Waals surface area contributed by atoms with Gasteiger partial charge in [-0.05, 0) is 18.4 Å². The zero-order valence-electron chi connectivity index (χ0n) is 10.0. The van der Waals surface area contributed by atoms with Crippen molar-refractivity contribution in [3.05, 3.63) is 63.8 Å². The van der Waals surface area contributed by atoms with E-state index in [2.05, 4.69) is 27.4 Å². The Morgan fingerprint density at radius 2 is 2.11 bits per heavy atom. The second-order valence-corrected chi connectivity index (χ2v) is 4.63. The van der Waals surface area contributed by atoms with Crippen molar-refractivity contribution in [1.29, 1.82) is 0 Å². The fraction of sp³-hybridized carbons (Fsp3) is 0.286. The number of aromatic amines is 1. The van der Waals surface area contributed by atoms with E-state index in [1.54, 1.807) is 0 Å². The molecular weight excluding hydrogens is 226 g/mol. The molecule has 1 aromatic carbocycles. The Kier molecular flexibility index (Phi) is 2.94. The van der Waals surface area contributed by atoms with E-state index in [4.69, 9.17) is 0 Å². The van der Waals surface area contributed by atoms with Crippen LogP contribution in [0.5, 0.6) is 0 Å². The molecule has 1 aliphatic rings. The number of hydrogen-bond acceptors (Lipinski definition) is 3. The average molecular weight is 241 g/mol. The fourth-order valence-electron chi connectivity index (χ4n) is 2.43. The molecule has 0 unspecified atom stereocenters. The minimum Gasteiger partial charge on any atom is -0.313 e. The Bertz CT molecular complexity index is 591. The highest BCUT2D eigenvalue weighted by Crippen LogP contribution is 2.13. The molecule has 4 heteroatoms. The van der Waals surface area contributed by atoms with Gasteiger partial charge in [-0.1, -0.05) is 30.3 Å². The molecular formula is C14H15N3O. The van der Waals surface area contributed by atoms with Crippen LogP contribution in [0.4, 0.5) is 0 Å². The van der Waals surface area contributed by atoms with Crippen LogP contribution in [0.15, 0.2) is 41.5 Å². The average Bonchev–Trinajstić information content (AvgIpc) is 2.41.